The average Bonchev–Trinajstić information content (AvgIpc) is 1.69. The molecular weight excluding hydrogens is 1560 g/mol. The predicted molar refractivity (Wildman–Crippen MR) is 447 cm³/mol. The number of sulfonamides is 3. The van der Waals surface area contributed by atoms with Crippen LogP contribution >= 0.6 is 28.6 Å². The zero-order valence-electron chi connectivity index (χ0n) is 67.3. The molecule has 1 aliphatic rings. The third-order valence-corrected chi connectivity index (χ3v) is 26.3. The lowest BCUT2D eigenvalue weighted by molar-refractivity contribution is -0.122. The van der Waals surface area contributed by atoms with Gasteiger partial charge in [-0.25, -0.2) is 61.1 Å². The number of rotatable bonds is 31. The molecule has 7 unspecified atom stereocenters. The quantitative estimate of drug-likeness (QED) is 0.0230. The van der Waals surface area contributed by atoms with Crippen molar-refractivity contribution in [1.29, 1.82) is 0 Å². The lowest BCUT2D eigenvalue weighted by atomic mass is 10.2. The topological polar surface area (TPSA) is 427 Å². The van der Waals surface area contributed by atoms with E-state index < -0.39 is 103 Å². The number of nitrogens with one attached hydrogen (secondary N) is 5. The van der Waals surface area contributed by atoms with Gasteiger partial charge in [-0.1, -0.05) is 157 Å². The Morgan fingerprint density at radius 2 is 1.00 bits per heavy atom. The Bertz CT molecular complexity index is 3360. The van der Waals surface area contributed by atoms with Gasteiger partial charge in [-0.05, 0) is 142 Å². The smallest absolute Gasteiger partial charge is 0.233 e. The first-order valence-electron chi connectivity index (χ1n) is 33.2. The van der Waals surface area contributed by atoms with Crippen LogP contribution in [0.25, 0.3) is 0 Å². The van der Waals surface area contributed by atoms with Crippen molar-refractivity contribution >= 4 is 139 Å². The zero-order valence-corrected chi connectivity index (χ0v) is 77.4. The highest BCUT2D eigenvalue weighted by molar-refractivity contribution is 8.09. The molecule has 1 heterocycles. The number of carbonyl (C=O) groups is 2. The molecule has 1 amide bonds. The van der Waals surface area contributed by atoms with E-state index in [9.17, 15) is 74.5 Å². The second-order valence-electron chi connectivity index (χ2n) is 28.4. The third-order valence-electron chi connectivity index (χ3n) is 10.6. The van der Waals surface area contributed by atoms with Crippen LogP contribution in [0.5, 0.6) is 0 Å². The summed E-state index contributed by atoms with van der Waals surface area (Å²) in [6, 6.07) is 0. The molecule has 39 heteroatoms. The van der Waals surface area contributed by atoms with Crippen LogP contribution in [0.2, 0.25) is 0 Å². The van der Waals surface area contributed by atoms with Crippen LogP contribution in [-0.2, 0) is 109 Å². The summed E-state index contributed by atoms with van der Waals surface area (Å²) < 4.78 is 171. The first kappa shape index (κ1) is 119. The number of carbonyl (C=O) groups excluding carboxylic acids is 2. The first-order valence-corrected chi connectivity index (χ1v) is 55.5. The Morgan fingerprint density at radius 1 is 0.598 bits per heavy atom. The van der Waals surface area contributed by atoms with E-state index in [0.29, 0.717) is 54.5 Å². The molecule has 9 N–H and O–H groups in total. The van der Waals surface area contributed by atoms with Gasteiger partial charge >= 0.3 is 0 Å². The Balaban J connectivity index is -0.000000135. The lowest BCUT2D eigenvalue weighted by Gasteiger charge is -2.19. The predicted octanol–water partition coefficient (Wildman–Crippen LogP) is 9.94. The van der Waals surface area contributed by atoms with E-state index in [4.69, 9.17) is 31.0 Å². The summed E-state index contributed by atoms with van der Waals surface area (Å²) in [4.78, 5) is 57.2. The van der Waals surface area contributed by atoms with E-state index in [1.165, 1.54) is 64.7 Å². The SMILES string of the molecule is C=S(C)(=O)NC(=O)C(C)C.C=S(C)(=O)NCC(C)C.C=S1(=O)CCCN1CC(C)C.CC(=O)CP(O)(=S)OCC(C)C.CC(C)/C=C/P(C)(=O)O.CC(C)/C=C/P(C)(=O)O.CC(C)CCS(=O)(=O)CP(C)(=O)O.CNS(=O)(=O)/C=C/C(C)C.CNS(=O)(=O)CC(C)C.CNS(=O)(=O)CCC(C)C. The number of ketones is 1. The van der Waals surface area contributed by atoms with Crippen molar-refractivity contribution in [2.24, 2.45) is 59.2 Å². The Morgan fingerprint density at radius 3 is 1.22 bits per heavy atom. The summed E-state index contributed by atoms with van der Waals surface area (Å²) in [6.45, 7) is 44.5. The Kier molecular flexibility index (Phi) is 69.2. The monoisotopic (exact) mass is 1700 g/mol. The summed E-state index contributed by atoms with van der Waals surface area (Å²) in [7, 11) is -23.6. The number of amides is 1. The van der Waals surface area contributed by atoms with Gasteiger partial charge < -0.3 is 24.1 Å². The fourth-order valence-electron chi connectivity index (χ4n) is 5.51. The van der Waals surface area contributed by atoms with E-state index in [-0.39, 0.29) is 52.9 Å². The second kappa shape index (κ2) is 59.0. The van der Waals surface area contributed by atoms with Crippen LogP contribution in [0.1, 0.15) is 165 Å². The molecule has 1 rings (SSSR count). The second-order valence-corrected chi connectivity index (χ2v) is 54.2. The number of hydrogen-bond donors (Lipinski definition) is 9. The van der Waals surface area contributed by atoms with Gasteiger partial charge in [0, 0.05) is 98.3 Å². The van der Waals surface area contributed by atoms with Crippen molar-refractivity contribution in [2.75, 3.05) is 115 Å². The average molecular weight is 1700 g/mol. The highest BCUT2D eigenvalue weighted by atomic mass is 32.5. The first-order chi connectivity index (χ1) is 45.0. The molecule has 0 aromatic heterocycles. The van der Waals surface area contributed by atoms with Crippen LogP contribution in [0.4, 0.5) is 0 Å². The minimum Gasteiger partial charge on any atom is -0.345 e. The van der Waals surface area contributed by atoms with Crippen LogP contribution in [0.15, 0.2) is 35.3 Å². The molecular formula is C63H144N6O21P4S8. The number of allylic oxidation sites excluding steroid dienone is 3. The molecule has 0 aromatic rings. The van der Waals surface area contributed by atoms with Gasteiger partial charge in [0.1, 0.15) is 11.3 Å². The molecule has 0 saturated carbocycles. The largest absolute Gasteiger partial charge is 0.345 e. The molecule has 1 fully saturated rings. The molecule has 1 aliphatic heterocycles. The van der Waals surface area contributed by atoms with Crippen LogP contribution in [0, 0.1) is 59.2 Å². The van der Waals surface area contributed by atoms with E-state index in [2.05, 4.69) is 68.9 Å². The van der Waals surface area contributed by atoms with Crippen molar-refractivity contribution in [3.63, 3.8) is 0 Å². The van der Waals surface area contributed by atoms with Gasteiger partial charge in [0.25, 0.3) is 0 Å². The van der Waals surface area contributed by atoms with Crippen molar-refractivity contribution in [3.05, 3.63) is 35.3 Å². The molecule has 0 aliphatic carbocycles. The van der Waals surface area contributed by atoms with Crippen molar-refractivity contribution in [2.45, 2.75) is 165 Å². The number of sulfone groups is 1. The molecule has 0 bridgehead atoms. The zero-order chi connectivity index (χ0) is 83.7. The van der Waals surface area contributed by atoms with Gasteiger partial charge in [-0.3, -0.25) is 36.4 Å². The summed E-state index contributed by atoms with van der Waals surface area (Å²) in [5.41, 5.74) is -0.591. The highest BCUT2D eigenvalue weighted by Crippen LogP contribution is 2.42. The molecule has 0 spiro atoms. The number of Topliss-reactive ketones (excluding diaryl/α,β-unsaturated/α-hetero) is 1. The number of nitrogens with zero attached hydrogens (tertiary/aromatic N) is 1. The Labute approximate surface area is 629 Å². The molecule has 620 valence electrons. The Hall–Kier alpha value is -0.840. The van der Waals surface area contributed by atoms with Crippen molar-refractivity contribution < 1.29 is 93.7 Å². The minimum absolute atomic E-state index is 0.00303. The molecule has 102 heavy (non-hydrogen) atoms. The number of hydrogen-bond acceptors (Lipinski definition) is 18. The van der Waals surface area contributed by atoms with Gasteiger partial charge in [0.05, 0.1) is 30.0 Å². The fourth-order valence-corrected chi connectivity index (χ4v) is 18.9. The van der Waals surface area contributed by atoms with Crippen LogP contribution in [0.3, 0.4) is 0 Å². The summed E-state index contributed by atoms with van der Waals surface area (Å²) >= 11 is 4.76. The molecule has 27 nitrogen and oxygen atoms in total. The highest BCUT2D eigenvalue weighted by Gasteiger charge is 2.24. The van der Waals surface area contributed by atoms with Gasteiger partial charge in [-0.2, -0.15) is 0 Å². The normalized spacial score (nSPS) is 17.8. The standard InChI is InChI=1S/C8H17NOS.C7H17O4PS.C7H15O3PS.C6H15NO2S.2C6H13NO2S.C6H15NOS.2C6H13O2P.C5H13NO2S/c1-8(2)7-9-5-4-6-11(9,3)10;1-7(2)4-5-13(10,11)6-12(3,8)9;1-6(2)4-10-11(9,12)5-7(3)8;2*1-6(2)4-5-10(8,9)7-3;1-5(2)6(8)7-10(3,4)9;1-6(2)5-7-9(3,4)8;2*1-6(2)4-5-9(3,7)8;1-5(2)4-9(7,8)6-3/h8H,3-7H2,1-2H3;7H,4-6H2,1-3H3,(H,8,9);6H,4-5H2,1-3H3,(H,9,12);6-7H,4-5H2,1-3H3;4-7H,1-3H3;5H,3H2,1-2,4H3,(H,7,8,9);6H,3,5H2,1-2,4H3,(H,7,8);2*4-6H,1-3H3,(H,7,8);5-6H,4H2,1-3H3/b;;;;5-4+;;;2*5-4+;. The van der Waals surface area contributed by atoms with Crippen molar-refractivity contribution in [1.82, 2.24) is 27.9 Å². The van der Waals surface area contributed by atoms with Crippen LogP contribution < -0.4 is 23.6 Å². The third kappa shape index (κ3) is 112. The van der Waals surface area contributed by atoms with E-state index >= 15 is 0 Å². The molecule has 0 radical (unpaired) electrons. The summed E-state index contributed by atoms with van der Waals surface area (Å²) in [5, 5.41) is 1.18. The van der Waals surface area contributed by atoms with Gasteiger partial charge in [-0.15, -0.1) is 0 Å². The maximum atomic E-state index is 11.7. The van der Waals surface area contributed by atoms with E-state index in [1.807, 2.05) is 101 Å². The van der Waals surface area contributed by atoms with Crippen LogP contribution in [-0.4, -0.2) is 214 Å². The maximum absolute atomic E-state index is 11.7. The lowest BCUT2D eigenvalue weighted by Crippen LogP contribution is -2.32. The molecule has 7 atom stereocenters. The minimum atomic E-state index is -3.44. The maximum Gasteiger partial charge on any atom is 0.233 e. The fraction of sp³-hybridized carbons (Fsp3) is 0.825. The van der Waals surface area contributed by atoms with E-state index in [0.717, 1.165) is 44.9 Å². The summed E-state index contributed by atoms with van der Waals surface area (Å²) in [5.74, 6) is 17.4. The summed E-state index contributed by atoms with van der Waals surface area (Å²) in [6.07, 6.45) is 10.4. The van der Waals surface area contributed by atoms with Gasteiger partial charge in [0.2, 0.25) is 58.1 Å². The molecule has 1 saturated heterocycles. The van der Waals surface area contributed by atoms with Gasteiger partial charge in [0.15, 0.2) is 16.3 Å². The van der Waals surface area contributed by atoms with E-state index in [1.54, 1.807) is 38.3 Å². The molecule has 0 aromatic carbocycles. The van der Waals surface area contributed by atoms with Crippen molar-refractivity contribution in [3.8, 4) is 0 Å².